The molecule has 4 nitrogen and oxygen atoms in total. The lowest BCUT2D eigenvalue weighted by Crippen LogP contribution is -2.07. The van der Waals surface area contributed by atoms with E-state index >= 15 is 0 Å². The summed E-state index contributed by atoms with van der Waals surface area (Å²) in [4.78, 5) is 14.8. The first-order valence-corrected chi connectivity index (χ1v) is 7.13. The minimum absolute atomic E-state index is 0.0108. The van der Waals surface area contributed by atoms with E-state index in [0.717, 1.165) is 5.56 Å². The molecule has 0 fully saturated rings. The molecule has 0 aromatic heterocycles. The summed E-state index contributed by atoms with van der Waals surface area (Å²) in [5.41, 5.74) is 0.964. The molecule has 0 saturated heterocycles. The Morgan fingerprint density at radius 1 is 1.58 bits per heavy atom. The fraction of sp³-hybridized carbons (Fsp3) is 0.385. The summed E-state index contributed by atoms with van der Waals surface area (Å²) in [6, 6.07) is 5.54. The van der Waals surface area contributed by atoms with E-state index in [1.165, 1.54) is 11.8 Å². The molecule has 102 valence electrons. The Hall–Kier alpha value is -1.20. The van der Waals surface area contributed by atoms with Gasteiger partial charge in [-0.3, -0.25) is 4.99 Å². The highest BCUT2D eigenvalue weighted by Crippen LogP contribution is 2.38. The minimum atomic E-state index is -0.974. The number of thioether (sulfide) groups is 1. The molecule has 1 N–H and O–H groups in total. The van der Waals surface area contributed by atoms with E-state index in [2.05, 4.69) is 4.99 Å². The van der Waals surface area contributed by atoms with Gasteiger partial charge in [-0.05, 0) is 31.5 Å². The van der Waals surface area contributed by atoms with Gasteiger partial charge >= 0.3 is 5.97 Å². The molecular formula is C13H14ClNO3S. The SMILES string of the molecule is CC(C)Oc1ccc(C2CN=C(C(=O)O)S2)cc1Cl. The Bertz CT molecular complexity index is 531. The number of aliphatic imine (C=N–C) groups is 1. The number of carboxylic acids is 1. The van der Waals surface area contributed by atoms with Crippen LogP contribution in [0.2, 0.25) is 5.02 Å². The summed E-state index contributed by atoms with van der Waals surface area (Å²) in [6.07, 6.45) is 0.0613. The van der Waals surface area contributed by atoms with E-state index in [-0.39, 0.29) is 16.4 Å². The van der Waals surface area contributed by atoms with Crippen molar-refractivity contribution in [1.82, 2.24) is 0 Å². The molecule has 6 heteroatoms. The Morgan fingerprint density at radius 2 is 2.32 bits per heavy atom. The highest BCUT2D eigenvalue weighted by molar-refractivity contribution is 8.16. The first kappa shape index (κ1) is 14.2. The molecule has 0 aliphatic carbocycles. The molecule has 1 aliphatic rings. The van der Waals surface area contributed by atoms with Crippen molar-refractivity contribution in [3.05, 3.63) is 28.8 Å². The zero-order valence-corrected chi connectivity index (χ0v) is 12.2. The minimum Gasteiger partial charge on any atom is -0.489 e. The van der Waals surface area contributed by atoms with Gasteiger partial charge in [0.15, 0.2) is 5.04 Å². The molecule has 1 aromatic carbocycles. The molecular weight excluding hydrogens is 286 g/mol. The van der Waals surface area contributed by atoms with Crippen LogP contribution in [0.4, 0.5) is 0 Å². The number of hydrogen-bond acceptors (Lipinski definition) is 4. The molecule has 0 saturated carbocycles. The predicted octanol–water partition coefficient (Wildman–Crippen LogP) is 3.40. The smallest absolute Gasteiger partial charge is 0.360 e. The number of aliphatic carboxylic acids is 1. The zero-order chi connectivity index (χ0) is 14.0. The van der Waals surface area contributed by atoms with Crippen LogP contribution in [0, 0.1) is 0 Å². The molecule has 0 radical (unpaired) electrons. The van der Waals surface area contributed by atoms with Gasteiger partial charge in [0.05, 0.1) is 22.9 Å². The van der Waals surface area contributed by atoms with E-state index in [1.54, 1.807) is 0 Å². The van der Waals surface area contributed by atoms with Gasteiger partial charge in [-0.25, -0.2) is 4.79 Å². The van der Waals surface area contributed by atoms with Crippen LogP contribution < -0.4 is 4.74 Å². The maximum Gasteiger partial charge on any atom is 0.360 e. The molecule has 1 aliphatic heterocycles. The fourth-order valence-corrected chi connectivity index (χ4v) is 2.92. The Balaban J connectivity index is 2.11. The van der Waals surface area contributed by atoms with Crippen molar-refractivity contribution in [3.63, 3.8) is 0 Å². The monoisotopic (exact) mass is 299 g/mol. The van der Waals surface area contributed by atoms with Gasteiger partial charge in [-0.1, -0.05) is 29.4 Å². The summed E-state index contributed by atoms with van der Waals surface area (Å²) >= 11 is 7.41. The molecule has 1 aromatic rings. The molecule has 2 rings (SSSR count). The molecule has 0 spiro atoms. The van der Waals surface area contributed by atoms with E-state index in [4.69, 9.17) is 21.4 Å². The lowest BCUT2D eigenvalue weighted by molar-refractivity contribution is -0.129. The third-order valence-electron chi connectivity index (χ3n) is 2.53. The van der Waals surface area contributed by atoms with E-state index in [1.807, 2.05) is 32.0 Å². The Labute approximate surface area is 120 Å². The number of nitrogens with zero attached hydrogens (tertiary/aromatic N) is 1. The van der Waals surface area contributed by atoms with Gasteiger partial charge in [0.1, 0.15) is 5.75 Å². The van der Waals surface area contributed by atoms with Crippen LogP contribution in [0.25, 0.3) is 0 Å². The van der Waals surface area contributed by atoms with Crippen LogP contribution in [0.5, 0.6) is 5.75 Å². The van der Waals surface area contributed by atoms with Gasteiger partial charge in [-0.2, -0.15) is 0 Å². The van der Waals surface area contributed by atoms with E-state index in [0.29, 0.717) is 17.3 Å². The van der Waals surface area contributed by atoms with Crippen molar-refractivity contribution in [2.24, 2.45) is 4.99 Å². The van der Waals surface area contributed by atoms with Crippen LogP contribution in [-0.4, -0.2) is 28.8 Å². The average molecular weight is 300 g/mol. The number of carboxylic acid groups (broad SMARTS) is 1. The Morgan fingerprint density at radius 3 is 2.84 bits per heavy atom. The van der Waals surface area contributed by atoms with Gasteiger partial charge < -0.3 is 9.84 Å². The van der Waals surface area contributed by atoms with E-state index < -0.39 is 5.97 Å². The van der Waals surface area contributed by atoms with E-state index in [9.17, 15) is 4.79 Å². The van der Waals surface area contributed by atoms with Gasteiger partial charge in [0, 0.05) is 0 Å². The summed E-state index contributed by atoms with van der Waals surface area (Å²) in [6.45, 7) is 4.33. The fourth-order valence-electron chi connectivity index (χ4n) is 1.73. The van der Waals surface area contributed by atoms with Crippen molar-refractivity contribution in [2.45, 2.75) is 25.2 Å². The third kappa shape index (κ3) is 3.42. The van der Waals surface area contributed by atoms with Gasteiger partial charge in [-0.15, -0.1) is 0 Å². The molecule has 1 atom stereocenters. The summed E-state index contributed by atoms with van der Waals surface area (Å²) in [5, 5.41) is 9.58. The second-order valence-corrected chi connectivity index (χ2v) is 6.01. The molecule has 19 heavy (non-hydrogen) atoms. The second-order valence-electron chi connectivity index (χ2n) is 4.41. The number of benzene rings is 1. The summed E-state index contributed by atoms with van der Waals surface area (Å²) in [7, 11) is 0. The van der Waals surface area contributed by atoms with Crippen LogP contribution >= 0.6 is 23.4 Å². The lowest BCUT2D eigenvalue weighted by Gasteiger charge is -2.14. The first-order valence-electron chi connectivity index (χ1n) is 5.88. The standard InChI is InChI=1S/C13H14ClNO3S/c1-7(2)18-10-4-3-8(5-9(10)14)11-6-15-12(19-11)13(16)17/h3-5,7,11H,6H2,1-2H3,(H,16,17). The van der Waals surface area contributed by atoms with Crippen molar-refractivity contribution < 1.29 is 14.6 Å². The molecule has 1 unspecified atom stereocenters. The van der Waals surface area contributed by atoms with Crippen molar-refractivity contribution in [1.29, 1.82) is 0 Å². The predicted molar refractivity (Wildman–Crippen MR) is 77.5 cm³/mol. The topological polar surface area (TPSA) is 58.9 Å². The highest BCUT2D eigenvalue weighted by Gasteiger charge is 2.26. The number of rotatable bonds is 4. The molecule has 1 heterocycles. The number of ether oxygens (including phenoxy) is 1. The average Bonchev–Trinajstić information content (AvgIpc) is 2.80. The van der Waals surface area contributed by atoms with Gasteiger partial charge in [0.25, 0.3) is 0 Å². The number of carbonyl (C=O) groups is 1. The quantitative estimate of drug-likeness (QED) is 0.925. The van der Waals surface area contributed by atoms with Crippen molar-refractivity contribution >= 4 is 34.4 Å². The summed E-state index contributed by atoms with van der Waals surface area (Å²) in [5.74, 6) is -0.332. The normalized spacial score (nSPS) is 18.5. The maximum absolute atomic E-state index is 10.8. The number of hydrogen-bond donors (Lipinski definition) is 1. The van der Waals surface area contributed by atoms with Crippen molar-refractivity contribution in [2.75, 3.05) is 6.54 Å². The zero-order valence-electron chi connectivity index (χ0n) is 10.6. The van der Waals surface area contributed by atoms with Crippen LogP contribution in [0.15, 0.2) is 23.2 Å². The molecule has 0 bridgehead atoms. The lowest BCUT2D eigenvalue weighted by atomic mass is 10.1. The molecule has 0 amide bonds. The van der Waals surface area contributed by atoms with Crippen LogP contribution in [-0.2, 0) is 4.79 Å². The highest BCUT2D eigenvalue weighted by atomic mass is 35.5. The van der Waals surface area contributed by atoms with Crippen LogP contribution in [0.1, 0.15) is 24.7 Å². The van der Waals surface area contributed by atoms with Gasteiger partial charge in [0.2, 0.25) is 0 Å². The maximum atomic E-state index is 10.8. The van der Waals surface area contributed by atoms with Crippen molar-refractivity contribution in [3.8, 4) is 5.75 Å². The Kier molecular flexibility index (Phi) is 4.37. The first-order chi connectivity index (χ1) is 8.97. The second kappa shape index (κ2) is 5.84. The summed E-state index contributed by atoms with van der Waals surface area (Å²) < 4.78 is 5.56. The number of halogens is 1. The van der Waals surface area contributed by atoms with Crippen LogP contribution in [0.3, 0.4) is 0 Å². The third-order valence-corrected chi connectivity index (χ3v) is 4.06. The largest absolute Gasteiger partial charge is 0.489 e.